The van der Waals surface area contributed by atoms with Gasteiger partial charge in [0.25, 0.3) is 5.91 Å². The van der Waals surface area contributed by atoms with Crippen molar-refractivity contribution in [3.8, 4) is 11.5 Å². The van der Waals surface area contributed by atoms with Gasteiger partial charge in [-0.3, -0.25) is 4.79 Å². The van der Waals surface area contributed by atoms with Crippen molar-refractivity contribution in [2.24, 2.45) is 0 Å². The van der Waals surface area contributed by atoms with Crippen LogP contribution in [-0.2, 0) is 4.79 Å². The molecule has 0 saturated carbocycles. The number of nitrogens with one attached hydrogen (secondary N) is 1. The highest BCUT2D eigenvalue weighted by Crippen LogP contribution is 2.22. The van der Waals surface area contributed by atoms with Crippen molar-refractivity contribution in [3.05, 3.63) is 23.8 Å². The van der Waals surface area contributed by atoms with Crippen LogP contribution in [0.15, 0.2) is 18.2 Å². The molecule has 0 radical (unpaired) electrons. The van der Waals surface area contributed by atoms with Crippen LogP contribution in [0.25, 0.3) is 0 Å². The third-order valence-corrected chi connectivity index (χ3v) is 2.63. The fourth-order valence-corrected chi connectivity index (χ4v) is 1.61. The normalized spacial score (nSPS) is 11.7. The molecule has 0 spiro atoms. The summed E-state index contributed by atoms with van der Waals surface area (Å²) in [6.07, 6.45) is 0.952. The van der Waals surface area contributed by atoms with Crippen molar-refractivity contribution in [1.82, 2.24) is 5.32 Å². The highest BCUT2D eigenvalue weighted by molar-refractivity contribution is 5.99. The second-order valence-electron chi connectivity index (χ2n) is 4.04. The molecule has 0 unspecified atom stereocenters. The van der Waals surface area contributed by atoms with Crippen LogP contribution in [0.2, 0.25) is 0 Å². The average molecular weight is 267 g/mol. The third-order valence-electron chi connectivity index (χ3n) is 2.63. The maximum atomic E-state index is 11.9. The van der Waals surface area contributed by atoms with E-state index in [0.717, 1.165) is 0 Å². The largest absolute Gasteiger partial charge is 0.507 e. The predicted molar refractivity (Wildman–Crippen MR) is 68.5 cm³/mol. The molecule has 1 aromatic carbocycles. The molecule has 19 heavy (non-hydrogen) atoms. The van der Waals surface area contributed by atoms with Gasteiger partial charge in [0.15, 0.2) is 0 Å². The molecule has 0 aromatic heterocycles. The lowest BCUT2D eigenvalue weighted by Gasteiger charge is -2.14. The Morgan fingerprint density at radius 3 is 2.63 bits per heavy atom. The molecule has 1 aromatic rings. The average Bonchev–Trinajstić information content (AvgIpc) is 2.38. The SMILES string of the molecule is CCC[C@@H](NC(=O)c1cc(OC)ccc1O)C(=O)O. The number of carbonyl (C=O) groups excluding carboxylic acids is 1. The topological polar surface area (TPSA) is 95.9 Å². The molecule has 0 heterocycles. The summed E-state index contributed by atoms with van der Waals surface area (Å²) in [4.78, 5) is 22.9. The number of carbonyl (C=O) groups is 2. The van der Waals surface area contributed by atoms with E-state index in [9.17, 15) is 14.7 Å². The number of aromatic hydroxyl groups is 1. The van der Waals surface area contributed by atoms with Crippen molar-refractivity contribution in [3.63, 3.8) is 0 Å². The van der Waals surface area contributed by atoms with Crippen LogP contribution >= 0.6 is 0 Å². The molecule has 0 aliphatic carbocycles. The van der Waals surface area contributed by atoms with Gasteiger partial charge in [0.2, 0.25) is 0 Å². The van der Waals surface area contributed by atoms with Crippen molar-refractivity contribution in [2.45, 2.75) is 25.8 Å². The first kappa shape index (κ1) is 14.8. The minimum Gasteiger partial charge on any atom is -0.507 e. The monoisotopic (exact) mass is 267 g/mol. The van der Waals surface area contributed by atoms with Gasteiger partial charge in [-0.25, -0.2) is 4.79 Å². The summed E-state index contributed by atoms with van der Waals surface area (Å²) >= 11 is 0. The van der Waals surface area contributed by atoms with Gasteiger partial charge in [-0.2, -0.15) is 0 Å². The van der Waals surface area contributed by atoms with Crippen LogP contribution < -0.4 is 10.1 Å². The molecule has 1 atom stereocenters. The Labute approximate surface area is 111 Å². The molecule has 0 aliphatic heterocycles. The van der Waals surface area contributed by atoms with E-state index < -0.39 is 17.9 Å². The maximum absolute atomic E-state index is 11.9. The molecule has 1 amide bonds. The first-order valence-corrected chi connectivity index (χ1v) is 5.90. The van der Waals surface area contributed by atoms with Gasteiger partial charge in [0.05, 0.1) is 12.7 Å². The van der Waals surface area contributed by atoms with Crippen LogP contribution in [0.5, 0.6) is 11.5 Å². The third kappa shape index (κ3) is 3.87. The number of carboxylic acid groups (broad SMARTS) is 1. The summed E-state index contributed by atoms with van der Waals surface area (Å²) in [5.41, 5.74) is -0.0123. The second-order valence-corrected chi connectivity index (χ2v) is 4.04. The summed E-state index contributed by atoms with van der Waals surface area (Å²) in [5.74, 6) is -1.56. The Balaban J connectivity index is 2.90. The number of rotatable bonds is 6. The molecule has 0 saturated heterocycles. The molecule has 6 heteroatoms. The number of hydrogen-bond acceptors (Lipinski definition) is 4. The number of ether oxygens (including phenoxy) is 1. The van der Waals surface area contributed by atoms with Gasteiger partial charge >= 0.3 is 5.97 Å². The lowest BCUT2D eigenvalue weighted by molar-refractivity contribution is -0.139. The number of benzene rings is 1. The van der Waals surface area contributed by atoms with Gasteiger partial charge < -0.3 is 20.3 Å². The highest BCUT2D eigenvalue weighted by atomic mass is 16.5. The predicted octanol–water partition coefficient (Wildman–Crippen LogP) is 1.38. The molecular weight excluding hydrogens is 250 g/mol. The number of hydrogen-bond donors (Lipinski definition) is 3. The van der Waals surface area contributed by atoms with Gasteiger partial charge in [0.1, 0.15) is 17.5 Å². The zero-order valence-corrected chi connectivity index (χ0v) is 10.8. The molecular formula is C13H17NO5. The van der Waals surface area contributed by atoms with Gasteiger partial charge in [-0.1, -0.05) is 13.3 Å². The maximum Gasteiger partial charge on any atom is 0.326 e. The van der Waals surface area contributed by atoms with Crippen molar-refractivity contribution in [1.29, 1.82) is 0 Å². The highest BCUT2D eigenvalue weighted by Gasteiger charge is 2.21. The number of aliphatic carboxylic acids is 1. The number of carboxylic acids is 1. The van der Waals surface area contributed by atoms with Crippen molar-refractivity contribution >= 4 is 11.9 Å². The van der Waals surface area contributed by atoms with Crippen LogP contribution in [0.1, 0.15) is 30.1 Å². The lowest BCUT2D eigenvalue weighted by atomic mass is 10.1. The number of phenolic OH excluding ortho intramolecular Hbond substituents is 1. The van der Waals surface area contributed by atoms with Crippen LogP contribution in [-0.4, -0.2) is 35.2 Å². The summed E-state index contributed by atoms with van der Waals surface area (Å²) in [7, 11) is 1.44. The van der Waals surface area contributed by atoms with E-state index in [2.05, 4.69) is 5.32 Å². The standard InChI is InChI=1S/C13H17NO5/c1-3-4-10(13(17)18)14-12(16)9-7-8(19-2)5-6-11(9)15/h5-7,10,15H,3-4H2,1-2H3,(H,14,16)(H,17,18)/t10-/m1/s1. The van der Waals surface area contributed by atoms with Crippen molar-refractivity contribution < 1.29 is 24.5 Å². The molecule has 3 N–H and O–H groups in total. The zero-order valence-electron chi connectivity index (χ0n) is 10.8. The quantitative estimate of drug-likeness (QED) is 0.723. The minimum atomic E-state index is -1.10. The molecule has 0 bridgehead atoms. The first-order valence-electron chi connectivity index (χ1n) is 5.90. The smallest absolute Gasteiger partial charge is 0.326 e. The van der Waals surface area contributed by atoms with Gasteiger partial charge in [-0.15, -0.1) is 0 Å². The van der Waals surface area contributed by atoms with Crippen molar-refractivity contribution in [2.75, 3.05) is 7.11 Å². The lowest BCUT2D eigenvalue weighted by Crippen LogP contribution is -2.40. The number of methoxy groups -OCH3 is 1. The van der Waals surface area contributed by atoms with Gasteiger partial charge in [-0.05, 0) is 24.6 Å². The summed E-state index contributed by atoms with van der Waals surface area (Å²) in [6.45, 7) is 1.82. The van der Waals surface area contributed by atoms with E-state index in [1.54, 1.807) is 0 Å². The molecule has 0 aliphatic rings. The second kappa shape index (κ2) is 6.63. The van der Waals surface area contributed by atoms with E-state index in [1.807, 2.05) is 6.92 Å². The Kier molecular flexibility index (Phi) is 5.17. The van der Waals surface area contributed by atoms with Crippen LogP contribution in [0.3, 0.4) is 0 Å². The summed E-state index contributed by atoms with van der Waals surface area (Å²) in [6, 6.07) is 3.22. The van der Waals surface area contributed by atoms with E-state index in [0.29, 0.717) is 18.6 Å². The zero-order chi connectivity index (χ0) is 14.4. The first-order chi connectivity index (χ1) is 8.99. The molecule has 6 nitrogen and oxygen atoms in total. The minimum absolute atomic E-state index is 0.0123. The summed E-state index contributed by atoms with van der Waals surface area (Å²) < 4.78 is 4.95. The Bertz CT molecular complexity index is 472. The summed E-state index contributed by atoms with van der Waals surface area (Å²) in [5, 5.41) is 21.0. The Hall–Kier alpha value is -2.24. The van der Waals surface area contributed by atoms with E-state index in [4.69, 9.17) is 9.84 Å². The Morgan fingerprint density at radius 2 is 2.11 bits per heavy atom. The number of amides is 1. The molecule has 104 valence electrons. The number of phenols is 1. The van der Waals surface area contributed by atoms with Gasteiger partial charge in [0, 0.05) is 0 Å². The van der Waals surface area contributed by atoms with E-state index in [-0.39, 0.29) is 11.3 Å². The molecule has 1 rings (SSSR count). The Morgan fingerprint density at radius 1 is 1.42 bits per heavy atom. The van der Waals surface area contributed by atoms with Crippen LogP contribution in [0.4, 0.5) is 0 Å². The fraction of sp³-hybridized carbons (Fsp3) is 0.385. The van der Waals surface area contributed by atoms with E-state index in [1.165, 1.54) is 25.3 Å². The molecule has 0 fully saturated rings. The van der Waals surface area contributed by atoms with E-state index >= 15 is 0 Å². The fourth-order valence-electron chi connectivity index (χ4n) is 1.61. The van der Waals surface area contributed by atoms with Crippen LogP contribution in [0, 0.1) is 0 Å².